The molecule has 0 aliphatic carbocycles. The fourth-order valence-electron chi connectivity index (χ4n) is 2.01. The van der Waals surface area contributed by atoms with Gasteiger partial charge < -0.3 is 5.32 Å². The van der Waals surface area contributed by atoms with Gasteiger partial charge in [-0.3, -0.25) is 14.5 Å². The van der Waals surface area contributed by atoms with Gasteiger partial charge in [-0.05, 0) is 24.6 Å². The van der Waals surface area contributed by atoms with E-state index >= 15 is 0 Å². The molecule has 1 unspecified atom stereocenters. The van der Waals surface area contributed by atoms with E-state index < -0.39 is 5.41 Å². The Morgan fingerprint density at radius 1 is 1.47 bits per heavy atom. The molecular formula is C10H16N2O2S. The lowest BCUT2D eigenvalue weighted by Gasteiger charge is -2.41. The molecule has 0 aromatic carbocycles. The third-order valence-corrected chi connectivity index (χ3v) is 3.54. The summed E-state index contributed by atoms with van der Waals surface area (Å²) in [5, 5.41) is 2.77. The van der Waals surface area contributed by atoms with Crippen molar-refractivity contribution in [3.05, 3.63) is 0 Å². The number of rotatable bonds is 2. The number of thiocarbonyl (C=S) groups is 1. The molecule has 1 N–H and O–H groups in total. The summed E-state index contributed by atoms with van der Waals surface area (Å²) in [6, 6.07) is 0. The number of carbonyl (C=O) groups is 2. The SMILES string of the molecule is CCC1(C(C)C)C(=O)NC(=S)N(C)C1=O. The van der Waals surface area contributed by atoms with Crippen molar-refractivity contribution in [3.63, 3.8) is 0 Å². The Hall–Kier alpha value is -0.970. The molecule has 1 fully saturated rings. The second-order valence-electron chi connectivity index (χ2n) is 4.10. The van der Waals surface area contributed by atoms with Crippen molar-refractivity contribution in [3.8, 4) is 0 Å². The van der Waals surface area contributed by atoms with Gasteiger partial charge in [-0.2, -0.15) is 0 Å². The van der Waals surface area contributed by atoms with E-state index in [1.54, 1.807) is 7.05 Å². The van der Waals surface area contributed by atoms with Crippen LogP contribution in [0.2, 0.25) is 0 Å². The predicted molar refractivity (Wildman–Crippen MR) is 61.1 cm³/mol. The van der Waals surface area contributed by atoms with Crippen LogP contribution in [0.1, 0.15) is 27.2 Å². The van der Waals surface area contributed by atoms with Crippen LogP contribution in [-0.4, -0.2) is 28.9 Å². The summed E-state index contributed by atoms with van der Waals surface area (Å²) in [6.45, 7) is 5.60. The van der Waals surface area contributed by atoms with Crippen molar-refractivity contribution in [2.45, 2.75) is 27.2 Å². The Labute approximate surface area is 95.0 Å². The molecule has 5 heteroatoms. The van der Waals surface area contributed by atoms with E-state index in [9.17, 15) is 9.59 Å². The number of hydrogen-bond acceptors (Lipinski definition) is 3. The van der Waals surface area contributed by atoms with Crippen LogP contribution in [0.15, 0.2) is 0 Å². The topological polar surface area (TPSA) is 49.4 Å². The Morgan fingerprint density at radius 3 is 2.40 bits per heavy atom. The molecular weight excluding hydrogens is 212 g/mol. The zero-order valence-electron chi connectivity index (χ0n) is 9.46. The molecule has 0 aromatic rings. The zero-order chi connectivity index (χ0) is 11.8. The van der Waals surface area contributed by atoms with E-state index in [2.05, 4.69) is 5.32 Å². The molecule has 2 amide bonds. The van der Waals surface area contributed by atoms with Gasteiger partial charge in [0, 0.05) is 7.05 Å². The minimum Gasteiger partial charge on any atom is -0.302 e. The summed E-state index contributed by atoms with van der Waals surface area (Å²) in [5.41, 5.74) is -0.961. The second-order valence-corrected chi connectivity index (χ2v) is 4.49. The van der Waals surface area contributed by atoms with Gasteiger partial charge >= 0.3 is 0 Å². The summed E-state index contributed by atoms with van der Waals surface area (Å²) < 4.78 is 0. The first-order chi connectivity index (χ1) is 6.87. The van der Waals surface area contributed by atoms with E-state index in [0.29, 0.717) is 6.42 Å². The van der Waals surface area contributed by atoms with Crippen LogP contribution in [0.4, 0.5) is 0 Å². The van der Waals surface area contributed by atoms with E-state index in [0.717, 1.165) is 0 Å². The van der Waals surface area contributed by atoms with Crippen LogP contribution in [-0.2, 0) is 9.59 Å². The average molecular weight is 228 g/mol. The minimum absolute atomic E-state index is 0.0412. The fourth-order valence-corrected chi connectivity index (χ4v) is 2.19. The van der Waals surface area contributed by atoms with Gasteiger partial charge in [0.25, 0.3) is 0 Å². The number of hydrogen-bond donors (Lipinski definition) is 1. The first kappa shape index (κ1) is 12.1. The molecule has 15 heavy (non-hydrogen) atoms. The van der Waals surface area contributed by atoms with Crippen molar-refractivity contribution in [2.24, 2.45) is 11.3 Å². The average Bonchev–Trinajstić information content (AvgIpc) is 2.15. The first-order valence-electron chi connectivity index (χ1n) is 5.01. The van der Waals surface area contributed by atoms with Crippen LogP contribution >= 0.6 is 12.2 Å². The monoisotopic (exact) mass is 228 g/mol. The molecule has 0 spiro atoms. The molecule has 1 heterocycles. The quantitative estimate of drug-likeness (QED) is 0.564. The summed E-state index contributed by atoms with van der Waals surface area (Å²) in [7, 11) is 1.59. The maximum atomic E-state index is 12.1. The van der Waals surface area contributed by atoms with E-state index in [1.807, 2.05) is 20.8 Å². The van der Waals surface area contributed by atoms with Crippen LogP contribution in [0.5, 0.6) is 0 Å². The summed E-state index contributed by atoms with van der Waals surface area (Å²) in [5.74, 6) is -0.512. The first-order valence-corrected chi connectivity index (χ1v) is 5.42. The fraction of sp³-hybridized carbons (Fsp3) is 0.700. The lowest BCUT2D eigenvalue weighted by atomic mass is 9.72. The van der Waals surface area contributed by atoms with Crippen LogP contribution in [0, 0.1) is 11.3 Å². The Balaban J connectivity index is 3.21. The summed E-state index contributed by atoms with van der Waals surface area (Å²) in [4.78, 5) is 25.4. The summed E-state index contributed by atoms with van der Waals surface area (Å²) in [6.07, 6.45) is 0.488. The number of nitrogens with zero attached hydrogens (tertiary/aromatic N) is 1. The Morgan fingerprint density at radius 2 is 2.00 bits per heavy atom. The van der Waals surface area contributed by atoms with Gasteiger partial charge in [0.05, 0.1) is 0 Å². The van der Waals surface area contributed by atoms with Crippen LogP contribution < -0.4 is 5.32 Å². The van der Waals surface area contributed by atoms with Crippen molar-refractivity contribution >= 4 is 29.1 Å². The number of carbonyl (C=O) groups excluding carboxylic acids is 2. The van der Waals surface area contributed by atoms with E-state index in [-0.39, 0.29) is 22.8 Å². The highest BCUT2D eigenvalue weighted by molar-refractivity contribution is 7.80. The minimum atomic E-state index is -0.961. The van der Waals surface area contributed by atoms with E-state index in [1.165, 1.54) is 4.90 Å². The smallest absolute Gasteiger partial charge is 0.244 e. The lowest BCUT2D eigenvalue weighted by molar-refractivity contribution is -0.152. The molecule has 84 valence electrons. The molecule has 0 aromatic heterocycles. The molecule has 4 nitrogen and oxygen atoms in total. The molecule has 1 aliphatic rings. The largest absolute Gasteiger partial charge is 0.302 e. The van der Waals surface area contributed by atoms with Gasteiger partial charge in [-0.1, -0.05) is 20.8 Å². The van der Waals surface area contributed by atoms with Crippen molar-refractivity contribution in [1.82, 2.24) is 10.2 Å². The summed E-state index contributed by atoms with van der Waals surface area (Å²) >= 11 is 4.89. The molecule has 1 saturated heterocycles. The van der Waals surface area contributed by atoms with Gasteiger partial charge in [-0.15, -0.1) is 0 Å². The van der Waals surface area contributed by atoms with Crippen molar-refractivity contribution < 1.29 is 9.59 Å². The van der Waals surface area contributed by atoms with Gasteiger partial charge in [0.2, 0.25) is 11.8 Å². The number of nitrogens with one attached hydrogen (secondary N) is 1. The molecule has 0 saturated carbocycles. The highest BCUT2D eigenvalue weighted by Crippen LogP contribution is 2.35. The van der Waals surface area contributed by atoms with Gasteiger partial charge in [-0.25, -0.2) is 0 Å². The molecule has 0 radical (unpaired) electrons. The standard InChI is InChI=1S/C10H16N2O2S/c1-5-10(6(2)3)7(13)11-9(15)12(4)8(10)14/h6H,5H2,1-4H3,(H,11,13,15). The van der Waals surface area contributed by atoms with Crippen LogP contribution in [0.3, 0.4) is 0 Å². The predicted octanol–water partition coefficient (Wildman–Crippen LogP) is 0.912. The molecule has 1 rings (SSSR count). The zero-order valence-corrected chi connectivity index (χ0v) is 10.3. The maximum absolute atomic E-state index is 12.1. The second kappa shape index (κ2) is 3.89. The number of amides is 2. The van der Waals surface area contributed by atoms with Crippen molar-refractivity contribution in [1.29, 1.82) is 0 Å². The normalized spacial score (nSPS) is 27.3. The van der Waals surface area contributed by atoms with Crippen LogP contribution in [0.25, 0.3) is 0 Å². The van der Waals surface area contributed by atoms with Crippen molar-refractivity contribution in [2.75, 3.05) is 7.05 Å². The van der Waals surface area contributed by atoms with E-state index in [4.69, 9.17) is 12.2 Å². The molecule has 1 aliphatic heterocycles. The molecule has 1 atom stereocenters. The van der Waals surface area contributed by atoms with Gasteiger partial charge in [0.1, 0.15) is 5.41 Å². The highest BCUT2D eigenvalue weighted by atomic mass is 32.1. The highest BCUT2D eigenvalue weighted by Gasteiger charge is 2.52. The third-order valence-electron chi connectivity index (χ3n) is 3.16. The Kier molecular flexibility index (Phi) is 3.13. The lowest BCUT2D eigenvalue weighted by Crippen LogP contribution is -2.64. The van der Waals surface area contributed by atoms with Gasteiger partial charge in [0.15, 0.2) is 5.11 Å². The third kappa shape index (κ3) is 1.55. The molecule has 0 bridgehead atoms. The Bertz CT molecular complexity index is 327. The maximum Gasteiger partial charge on any atom is 0.244 e.